The van der Waals surface area contributed by atoms with E-state index >= 15 is 0 Å². The summed E-state index contributed by atoms with van der Waals surface area (Å²) in [6, 6.07) is 1.17. The van der Waals surface area contributed by atoms with Crippen LogP contribution in [-0.4, -0.2) is 24.5 Å². The summed E-state index contributed by atoms with van der Waals surface area (Å²) >= 11 is 10.5. The molecule has 0 saturated carbocycles. The van der Waals surface area contributed by atoms with Gasteiger partial charge in [0.25, 0.3) is 8.35 Å². The molecule has 0 amide bonds. The highest BCUT2D eigenvalue weighted by atomic mass is 35.6. The fourth-order valence-corrected chi connectivity index (χ4v) is 2.63. The summed E-state index contributed by atoms with van der Waals surface area (Å²) in [5.74, 6) is 0. The molecule has 1 aliphatic rings. The zero-order valence-electron chi connectivity index (χ0n) is 5.57. The molecule has 0 aliphatic carbocycles. The SMILES string of the molecule is Cl[SiH]1CCCCO1.[SiH3]Cl. The average Bonchev–Trinajstić information content (AvgIpc) is 1.94. The molecular weight excluding hydrogens is 191 g/mol. The van der Waals surface area contributed by atoms with Crippen molar-refractivity contribution in [3.8, 4) is 0 Å². The molecule has 0 N–H and O–H groups in total. The smallest absolute Gasteiger partial charge is 0.274 e. The molecule has 1 fully saturated rings. The summed E-state index contributed by atoms with van der Waals surface area (Å²) in [5, 5.41) is 0. The average molecular weight is 203 g/mol. The second-order valence-electron chi connectivity index (χ2n) is 1.78. The Morgan fingerprint density at radius 2 is 2.00 bits per heavy atom. The molecule has 0 radical (unpaired) electrons. The van der Waals surface area contributed by atoms with Crippen molar-refractivity contribution in [2.45, 2.75) is 18.9 Å². The Kier molecular flexibility index (Phi) is 7.85. The van der Waals surface area contributed by atoms with Crippen molar-refractivity contribution in [1.29, 1.82) is 0 Å². The Hall–Kier alpha value is 0.974. The highest BCUT2D eigenvalue weighted by molar-refractivity contribution is 7.03. The lowest BCUT2D eigenvalue weighted by Crippen LogP contribution is -2.16. The normalized spacial score (nSPS) is 26.7. The Labute approximate surface area is 70.2 Å². The third kappa shape index (κ3) is 5.42. The quantitative estimate of drug-likeness (QED) is 0.417. The third-order valence-electron chi connectivity index (χ3n) is 1.12. The molecule has 1 heterocycles. The molecule has 1 atom stereocenters. The first kappa shape index (κ1) is 9.97. The van der Waals surface area contributed by atoms with Crippen molar-refractivity contribution >= 4 is 40.1 Å². The van der Waals surface area contributed by atoms with Gasteiger partial charge < -0.3 is 4.43 Å². The largest absolute Gasteiger partial charge is 0.405 e. The van der Waals surface area contributed by atoms with Crippen LogP contribution in [0.4, 0.5) is 0 Å². The van der Waals surface area contributed by atoms with Crippen molar-refractivity contribution in [3.63, 3.8) is 0 Å². The van der Waals surface area contributed by atoms with E-state index in [4.69, 9.17) is 26.6 Å². The van der Waals surface area contributed by atoms with Crippen LogP contribution < -0.4 is 0 Å². The summed E-state index contributed by atoms with van der Waals surface area (Å²) in [7, 11) is -0.345. The van der Waals surface area contributed by atoms with Gasteiger partial charge in [0.2, 0.25) is 0 Å². The predicted molar refractivity (Wildman–Crippen MR) is 48.8 cm³/mol. The van der Waals surface area contributed by atoms with E-state index in [1.165, 1.54) is 18.9 Å². The van der Waals surface area contributed by atoms with Crippen molar-refractivity contribution in [2.24, 2.45) is 0 Å². The molecule has 0 aromatic rings. The van der Waals surface area contributed by atoms with E-state index in [2.05, 4.69) is 0 Å². The van der Waals surface area contributed by atoms with Gasteiger partial charge in [-0.15, -0.1) is 11.1 Å². The van der Waals surface area contributed by atoms with Gasteiger partial charge in [-0.2, -0.15) is 11.1 Å². The number of halogens is 2. The van der Waals surface area contributed by atoms with E-state index in [9.17, 15) is 0 Å². The Bertz CT molecular complexity index is 58.5. The number of rotatable bonds is 0. The molecule has 5 heteroatoms. The predicted octanol–water partition coefficient (Wildman–Crippen LogP) is 0.762. The molecule has 56 valence electrons. The first-order chi connectivity index (χ1) is 4.39. The van der Waals surface area contributed by atoms with Gasteiger partial charge in [0.1, 0.15) is 9.55 Å². The van der Waals surface area contributed by atoms with Gasteiger partial charge in [0, 0.05) is 6.61 Å². The van der Waals surface area contributed by atoms with Gasteiger partial charge in [-0.1, -0.05) is 6.42 Å². The molecule has 1 rings (SSSR count). The van der Waals surface area contributed by atoms with Crippen molar-refractivity contribution in [2.75, 3.05) is 6.61 Å². The Balaban J connectivity index is 0.000000291. The molecule has 0 bridgehead atoms. The van der Waals surface area contributed by atoms with Crippen LogP contribution in [0.3, 0.4) is 0 Å². The van der Waals surface area contributed by atoms with E-state index in [0.29, 0.717) is 0 Å². The second kappa shape index (κ2) is 7.09. The molecule has 1 saturated heterocycles. The molecule has 9 heavy (non-hydrogen) atoms. The molecule has 0 aromatic heterocycles. The third-order valence-corrected chi connectivity index (χ3v) is 3.62. The van der Waals surface area contributed by atoms with Crippen LogP contribution in [-0.2, 0) is 4.43 Å². The van der Waals surface area contributed by atoms with E-state index in [0.717, 1.165) is 16.2 Å². The maximum absolute atomic E-state index is 5.73. The molecular formula is C4H12Cl2OSi2. The van der Waals surface area contributed by atoms with E-state index in [-0.39, 0.29) is 0 Å². The van der Waals surface area contributed by atoms with Crippen LogP contribution in [0.15, 0.2) is 0 Å². The zero-order valence-corrected chi connectivity index (χ0v) is 10.2. The molecule has 0 aromatic carbocycles. The van der Waals surface area contributed by atoms with Crippen LogP contribution >= 0.6 is 22.2 Å². The molecule has 1 nitrogen and oxygen atoms in total. The van der Waals surface area contributed by atoms with Gasteiger partial charge in [0.05, 0.1) is 0 Å². The van der Waals surface area contributed by atoms with Crippen LogP contribution in [0.1, 0.15) is 12.8 Å². The topological polar surface area (TPSA) is 9.23 Å². The van der Waals surface area contributed by atoms with Crippen LogP contribution in [0.2, 0.25) is 6.04 Å². The lowest BCUT2D eigenvalue weighted by Gasteiger charge is -2.13. The minimum absolute atomic E-state index is 0.778. The van der Waals surface area contributed by atoms with Gasteiger partial charge in [-0.25, -0.2) is 0 Å². The van der Waals surface area contributed by atoms with Crippen molar-refractivity contribution < 1.29 is 4.43 Å². The Morgan fingerprint density at radius 1 is 1.33 bits per heavy atom. The van der Waals surface area contributed by atoms with Gasteiger partial charge in [-0.05, 0) is 12.5 Å². The van der Waals surface area contributed by atoms with Crippen molar-refractivity contribution in [1.82, 2.24) is 0 Å². The minimum atomic E-state index is -1.12. The maximum Gasteiger partial charge on any atom is 0.274 e. The lowest BCUT2D eigenvalue weighted by molar-refractivity contribution is 0.299. The van der Waals surface area contributed by atoms with E-state index in [1.54, 1.807) is 0 Å². The van der Waals surface area contributed by atoms with Gasteiger partial charge in [-0.3, -0.25) is 0 Å². The second-order valence-corrected chi connectivity index (χ2v) is 4.97. The summed E-state index contributed by atoms with van der Waals surface area (Å²) in [5.41, 5.74) is 0. The summed E-state index contributed by atoms with van der Waals surface area (Å²) in [6.07, 6.45) is 2.51. The molecule has 0 spiro atoms. The number of hydrogen-bond acceptors (Lipinski definition) is 1. The first-order valence-corrected chi connectivity index (χ1v) is 9.09. The zero-order chi connectivity index (χ0) is 7.11. The molecule has 1 aliphatic heterocycles. The number of hydrogen-bond donors (Lipinski definition) is 0. The van der Waals surface area contributed by atoms with Crippen LogP contribution in [0.25, 0.3) is 0 Å². The Morgan fingerprint density at radius 3 is 2.22 bits per heavy atom. The maximum atomic E-state index is 5.73. The summed E-state index contributed by atoms with van der Waals surface area (Å²) < 4.78 is 5.18. The standard InChI is InChI=1S/C4H9ClOSi.ClH3Si/c5-7-4-2-1-3-6-7;1-2/h7H,1-4H2;2H3. The van der Waals surface area contributed by atoms with E-state index < -0.39 is 8.35 Å². The van der Waals surface area contributed by atoms with E-state index in [1.807, 2.05) is 0 Å². The fourth-order valence-electron chi connectivity index (χ4n) is 0.701. The monoisotopic (exact) mass is 202 g/mol. The van der Waals surface area contributed by atoms with Crippen LogP contribution in [0, 0.1) is 0 Å². The highest BCUT2D eigenvalue weighted by Crippen LogP contribution is 2.12. The van der Waals surface area contributed by atoms with Gasteiger partial charge in [0.15, 0.2) is 0 Å². The van der Waals surface area contributed by atoms with Crippen molar-refractivity contribution in [3.05, 3.63) is 0 Å². The molecule has 1 unspecified atom stereocenters. The van der Waals surface area contributed by atoms with Crippen LogP contribution in [0.5, 0.6) is 0 Å². The summed E-state index contributed by atoms with van der Waals surface area (Å²) in [4.78, 5) is 0. The first-order valence-electron chi connectivity index (χ1n) is 3.03. The van der Waals surface area contributed by atoms with Gasteiger partial charge >= 0.3 is 0 Å². The highest BCUT2D eigenvalue weighted by Gasteiger charge is 2.11. The lowest BCUT2D eigenvalue weighted by atomic mass is 10.4. The summed E-state index contributed by atoms with van der Waals surface area (Å²) in [6.45, 7) is 0.917. The fraction of sp³-hybridized carbons (Fsp3) is 1.00. The minimum Gasteiger partial charge on any atom is -0.405 e.